The first kappa shape index (κ1) is 12.4. The average Bonchev–Trinajstić information content (AvgIpc) is 2.79. The summed E-state index contributed by atoms with van der Waals surface area (Å²) < 4.78 is 0. The summed E-state index contributed by atoms with van der Waals surface area (Å²) in [5.41, 5.74) is 2.57. The average molecular weight is 248 g/mol. The van der Waals surface area contributed by atoms with Crippen LogP contribution in [-0.2, 0) is 6.54 Å². The van der Waals surface area contributed by atoms with Crippen molar-refractivity contribution < 1.29 is 0 Å². The maximum atomic E-state index is 5.30. The van der Waals surface area contributed by atoms with Gasteiger partial charge in [-0.3, -0.25) is 0 Å². The van der Waals surface area contributed by atoms with E-state index < -0.39 is 0 Å². The van der Waals surface area contributed by atoms with E-state index >= 15 is 0 Å². The van der Waals surface area contributed by atoms with Gasteiger partial charge in [-0.05, 0) is 37.5 Å². The number of benzene rings is 1. The first-order chi connectivity index (χ1) is 8.24. The second-order valence-electron chi connectivity index (χ2n) is 4.80. The standard InChI is InChI=1S/C14H20N2S/c1-11-5-4-6-12(9-11)10-15-14(17)16-13-7-2-3-8-13/h4-6,9,13H,2-3,7-8,10H2,1H3,(H2,15,16,17). The summed E-state index contributed by atoms with van der Waals surface area (Å²) in [5.74, 6) is 0. The smallest absolute Gasteiger partial charge is 0.166 e. The second-order valence-corrected chi connectivity index (χ2v) is 5.21. The molecule has 2 rings (SSSR count). The lowest BCUT2D eigenvalue weighted by atomic mass is 10.1. The van der Waals surface area contributed by atoms with E-state index in [2.05, 4.69) is 41.8 Å². The Morgan fingerprint density at radius 2 is 2.12 bits per heavy atom. The fourth-order valence-corrected chi connectivity index (χ4v) is 2.55. The molecule has 1 fully saturated rings. The summed E-state index contributed by atoms with van der Waals surface area (Å²) in [5, 5.41) is 7.45. The minimum atomic E-state index is 0.590. The number of thiocarbonyl (C=S) groups is 1. The molecule has 0 aromatic heterocycles. The van der Waals surface area contributed by atoms with Gasteiger partial charge in [-0.15, -0.1) is 0 Å². The van der Waals surface area contributed by atoms with E-state index in [0.717, 1.165) is 11.7 Å². The van der Waals surface area contributed by atoms with Crippen LogP contribution in [0.3, 0.4) is 0 Å². The lowest BCUT2D eigenvalue weighted by molar-refractivity contribution is 0.621. The Labute approximate surface area is 109 Å². The van der Waals surface area contributed by atoms with Gasteiger partial charge >= 0.3 is 0 Å². The van der Waals surface area contributed by atoms with Gasteiger partial charge in [0.05, 0.1) is 0 Å². The Hall–Kier alpha value is -1.09. The lowest BCUT2D eigenvalue weighted by Gasteiger charge is -2.15. The van der Waals surface area contributed by atoms with Gasteiger partial charge in [0.25, 0.3) is 0 Å². The Balaban J connectivity index is 1.75. The first-order valence-corrected chi connectivity index (χ1v) is 6.75. The second kappa shape index (κ2) is 6.01. The molecule has 0 saturated heterocycles. The molecular weight excluding hydrogens is 228 g/mol. The van der Waals surface area contributed by atoms with Crippen molar-refractivity contribution in [3.8, 4) is 0 Å². The van der Waals surface area contributed by atoms with E-state index in [-0.39, 0.29) is 0 Å². The minimum Gasteiger partial charge on any atom is -0.360 e. The van der Waals surface area contributed by atoms with Crippen LogP contribution in [0.4, 0.5) is 0 Å². The van der Waals surface area contributed by atoms with Crippen LogP contribution in [0, 0.1) is 6.92 Å². The van der Waals surface area contributed by atoms with Crippen molar-refractivity contribution in [3.63, 3.8) is 0 Å². The summed E-state index contributed by atoms with van der Waals surface area (Å²) in [6.45, 7) is 2.92. The van der Waals surface area contributed by atoms with Crippen molar-refractivity contribution in [2.75, 3.05) is 0 Å². The van der Waals surface area contributed by atoms with E-state index in [1.54, 1.807) is 0 Å². The van der Waals surface area contributed by atoms with E-state index in [9.17, 15) is 0 Å². The molecule has 0 radical (unpaired) electrons. The zero-order valence-corrected chi connectivity index (χ0v) is 11.1. The molecule has 17 heavy (non-hydrogen) atoms. The van der Waals surface area contributed by atoms with Gasteiger partial charge < -0.3 is 10.6 Å². The topological polar surface area (TPSA) is 24.1 Å². The predicted octanol–water partition coefficient (Wildman–Crippen LogP) is 2.90. The monoisotopic (exact) mass is 248 g/mol. The maximum absolute atomic E-state index is 5.30. The van der Waals surface area contributed by atoms with E-state index in [0.29, 0.717) is 6.04 Å². The molecule has 0 atom stereocenters. The fraction of sp³-hybridized carbons (Fsp3) is 0.500. The number of aryl methyl sites for hydroxylation is 1. The van der Waals surface area contributed by atoms with Crippen molar-refractivity contribution in [2.24, 2.45) is 0 Å². The molecule has 0 bridgehead atoms. The molecule has 1 aliphatic carbocycles. The van der Waals surface area contributed by atoms with E-state index in [1.165, 1.54) is 36.8 Å². The predicted molar refractivity (Wildman–Crippen MR) is 76.0 cm³/mol. The third-order valence-corrected chi connectivity index (χ3v) is 3.49. The van der Waals surface area contributed by atoms with Crippen LogP contribution in [0.5, 0.6) is 0 Å². The fourth-order valence-electron chi connectivity index (χ4n) is 2.31. The molecule has 3 heteroatoms. The maximum Gasteiger partial charge on any atom is 0.166 e. The highest BCUT2D eigenvalue weighted by Crippen LogP contribution is 2.17. The van der Waals surface area contributed by atoms with Crippen LogP contribution in [0.15, 0.2) is 24.3 Å². The quantitative estimate of drug-likeness (QED) is 0.804. The molecule has 2 N–H and O–H groups in total. The molecular formula is C14H20N2S. The Morgan fingerprint density at radius 1 is 1.35 bits per heavy atom. The highest BCUT2D eigenvalue weighted by molar-refractivity contribution is 7.80. The summed E-state index contributed by atoms with van der Waals surface area (Å²) in [7, 11) is 0. The van der Waals surface area contributed by atoms with Crippen LogP contribution < -0.4 is 10.6 Å². The summed E-state index contributed by atoms with van der Waals surface area (Å²) in [4.78, 5) is 0. The summed E-state index contributed by atoms with van der Waals surface area (Å²) in [6, 6.07) is 9.09. The van der Waals surface area contributed by atoms with Gasteiger partial charge in [0.2, 0.25) is 0 Å². The summed E-state index contributed by atoms with van der Waals surface area (Å²) in [6.07, 6.45) is 5.18. The third-order valence-electron chi connectivity index (χ3n) is 3.23. The van der Waals surface area contributed by atoms with Crippen molar-refractivity contribution in [1.82, 2.24) is 10.6 Å². The highest BCUT2D eigenvalue weighted by atomic mass is 32.1. The Bertz CT molecular complexity index is 384. The van der Waals surface area contributed by atoms with Gasteiger partial charge in [0.1, 0.15) is 0 Å². The van der Waals surface area contributed by atoms with Crippen LogP contribution in [0.1, 0.15) is 36.8 Å². The molecule has 1 saturated carbocycles. The number of rotatable bonds is 3. The first-order valence-electron chi connectivity index (χ1n) is 6.34. The molecule has 2 nitrogen and oxygen atoms in total. The van der Waals surface area contributed by atoms with Crippen LogP contribution >= 0.6 is 12.2 Å². The molecule has 1 aliphatic rings. The number of nitrogens with one attached hydrogen (secondary N) is 2. The molecule has 0 unspecified atom stereocenters. The SMILES string of the molecule is Cc1cccc(CNC(=S)NC2CCCC2)c1. The van der Waals surface area contributed by atoms with Gasteiger partial charge in [0.15, 0.2) is 5.11 Å². The van der Waals surface area contributed by atoms with Crippen LogP contribution in [0.2, 0.25) is 0 Å². The molecule has 1 aromatic carbocycles. The molecule has 1 aromatic rings. The minimum absolute atomic E-state index is 0.590. The zero-order valence-electron chi connectivity index (χ0n) is 10.3. The van der Waals surface area contributed by atoms with Crippen molar-refractivity contribution in [3.05, 3.63) is 35.4 Å². The number of hydrogen-bond donors (Lipinski definition) is 2. The Morgan fingerprint density at radius 3 is 2.82 bits per heavy atom. The van der Waals surface area contributed by atoms with Gasteiger partial charge in [-0.2, -0.15) is 0 Å². The molecule has 92 valence electrons. The molecule has 0 amide bonds. The largest absolute Gasteiger partial charge is 0.360 e. The van der Waals surface area contributed by atoms with Gasteiger partial charge in [-0.25, -0.2) is 0 Å². The van der Waals surface area contributed by atoms with Gasteiger partial charge in [0, 0.05) is 12.6 Å². The van der Waals surface area contributed by atoms with Crippen molar-refractivity contribution in [2.45, 2.75) is 45.2 Å². The molecule has 0 heterocycles. The highest BCUT2D eigenvalue weighted by Gasteiger charge is 2.14. The van der Waals surface area contributed by atoms with Gasteiger partial charge in [-0.1, -0.05) is 42.7 Å². The lowest BCUT2D eigenvalue weighted by Crippen LogP contribution is -2.40. The van der Waals surface area contributed by atoms with Crippen LogP contribution in [-0.4, -0.2) is 11.2 Å². The summed E-state index contributed by atoms with van der Waals surface area (Å²) >= 11 is 5.30. The number of hydrogen-bond acceptors (Lipinski definition) is 1. The normalized spacial score (nSPS) is 15.8. The van der Waals surface area contributed by atoms with Crippen molar-refractivity contribution >= 4 is 17.3 Å². The third kappa shape index (κ3) is 4.00. The molecule has 0 spiro atoms. The Kier molecular flexibility index (Phi) is 4.37. The van der Waals surface area contributed by atoms with Crippen LogP contribution in [0.25, 0.3) is 0 Å². The molecule has 0 aliphatic heterocycles. The van der Waals surface area contributed by atoms with E-state index in [4.69, 9.17) is 12.2 Å². The van der Waals surface area contributed by atoms with E-state index in [1.807, 2.05) is 0 Å². The van der Waals surface area contributed by atoms with Crippen molar-refractivity contribution in [1.29, 1.82) is 0 Å². The zero-order chi connectivity index (χ0) is 12.1.